The number of hydrogen-bond donors (Lipinski definition) is 1. The molecule has 2 aromatic carbocycles. The lowest BCUT2D eigenvalue weighted by Gasteiger charge is -2.09. The predicted molar refractivity (Wildman–Crippen MR) is 77.6 cm³/mol. The minimum absolute atomic E-state index is 0.0351. The highest BCUT2D eigenvalue weighted by Gasteiger charge is 2.11. The fourth-order valence-corrected chi connectivity index (χ4v) is 2.18. The average Bonchev–Trinajstić information content (AvgIpc) is 2.47. The quantitative estimate of drug-likeness (QED) is 0.829. The van der Waals surface area contributed by atoms with Gasteiger partial charge in [0.15, 0.2) is 0 Å². The van der Waals surface area contributed by atoms with Gasteiger partial charge in [-0.05, 0) is 45.8 Å². The molecule has 2 aromatic rings. The Bertz CT molecular complexity index is 587. The SMILES string of the molecule is COc1ccc(CNCc2c(F)ccc(Br)c2F)cc1. The highest BCUT2D eigenvalue weighted by molar-refractivity contribution is 9.10. The van der Waals surface area contributed by atoms with Gasteiger partial charge in [-0.25, -0.2) is 8.78 Å². The van der Waals surface area contributed by atoms with Crippen molar-refractivity contribution < 1.29 is 13.5 Å². The summed E-state index contributed by atoms with van der Waals surface area (Å²) in [6.45, 7) is 0.651. The van der Waals surface area contributed by atoms with Crippen molar-refractivity contribution in [2.45, 2.75) is 13.1 Å². The van der Waals surface area contributed by atoms with Crippen LogP contribution in [0.1, 0.15) is 11.1 Å². The molecule has 0 saturated heterocycles. The van der Waals surface area contributed by atoms with E-state index in [1.54, 1.807) is 7.11 Å². The van der Waals surface area contributed by atoms with Gasteiger partial charge in [-0.3, -0.25) is 0 Å². The van der Waals surface area contributed by atoms with Crippen molar-refractivity contribution >= 4 is 15.9 Å². The molecule has 1 N–H and O–H groups in total. The highest BCUT2D eigenvalue weighted by Crippen LogP contribution is 2.21. The van der Waals surface area contributed by atoms with Gasteiger partial charge in [0.25, 0.3) is 0 Å². The van der Waals surface area contributed by atoms with E-state index in [9.17, 15) is 8.78 Å². The van der Waals surface area contributed by atoms with Crippen LogP contribution < -0.4 is 10.1 Å². The van der Waals surface area contributed by atoms with Crippen LogP contribution in [0.15, 0.2) is 40.9 Å². The molecule has 5 heteroatoms. The zero-order chi connectivity index (χ0) is 14.5. The normalized spacial score (nSPS) is 10.6. The summed E-state index contributed by atoms with van der Waals surface area (Å²) in [5.41, 5.74) is 1.05. The van der Waals surface area contributed by atoms with Crippen molar-refractivity contribution in [2.75, 3.05) is 7.11 Å². The summed E-state index contributed by atoms with van der Waals surface area (Å²) in [5, 5.41) is 3.02. The minimum atomic E-state index is -0.563. The largest absolute Gasteiger partial charge is 0.497 e. The van der Waals surface area contributed by atoms with Crippen LogP contribution in [-0.4, -0.2) is 7.11 Å². The lowest BCUT2D eigenvalue weighted by Crippen LogP contribution is -2.15. The molecule has 0 aliphatic carbocycles. The summed E-state index contributed by atoms with van der Waals surface area (Å²) in [6.07, 6.45) is 0. The smallest absolute Gasteiger partial charge is 0.144 e. The maximum atomic E-state index is 13.7. The van der Waals surface area contributed by atoms with Gasteiger partial charge in [-0.15, -0.1) is 0 Å². The first kappa shape index (κ1) is 14.9. The Morgan fingerprint density at radius 1 is 1.05 bits per heavy atom. The Hall–Kier alpha value is -1.46. The van der Waals surface area contributed by atoms with E-state index in [2.05, 4.69) is 21.2 Å². The van der Waals surface area contributed by atoms with Gasteiger partial charge in [0.1, 0.15) is 17.4 Å². The number of methoxy groups -OCH3 is 1. The zero-order valence-corrected chi connectivity index (χ0v) is 12.5. The molecule has 0 radical (unpaired) electrons. The molecular weight excluding hydrogens is 328 g/mol. The number of benzene rings is 2. The third kappa shape index (κ3) is 3.55. The molecule has 0 spiro atoms. The molecule has 2 nitrogen and oxygen atoms in total. The van der Waals surface area contributed by atoms with E-state index in [4.69, 9.17) is 4.74 Å². The van der Waals surface area contributed by atoms with Crippen molar-refractivity contribution in [1.82, 2.24) is 5.32 Å². The number of halogens is 3. The maximum absolute atomic E-state index is 13.7. The van der Waals surface area contributed by atoms with Gasteiger partial charge < -0.3 is 10.1 Å². The van der Waals surface area contributed by atoms with E-state index in [1.807, 2.05) is 24.3 Å². The number of hydrogen-bond acceptors (Lipinski definition) is 2. The molecule has 0 bridgehead atoms. The number of ether oxygens (including phenoxy) is 1. The van der Waals surface area contributed by atoms with Gasteiger partial charge in [-0.2, -0.15) is 0 Å². The van der Waals surface area contributed by atoms with E-state index in [1.165, 1.54) is 12.1 Å². The first-order chi connectivity index (χ1) is 9.61. The van der Waals surface area contributed by atoms with E-state index >= 15 is 0 Å². The summed E-state index contributed by atoms with van der Waals surface area (Å²) < 4.78 is 32.6. The van der Waals surface area contributed by atoms with Crippen LogP contribution in [0.2, 0.25) is 0 Å². The molecule has 0 unspecified atom stereocenters. The fourth-order valence-electron chi connectivity index (χ4n) is 1.81. The lowest BCUT2D eigenvalue weighted by molar-refractivity contribution is 0.414. The fraction of sp³-hybridized carbons (Fsp3) is 0.200. The summed E-state index contributed by atoms with van der Waals surface area (Å²) >= 11 is 3.05. The Labute approximate surface area is 124 Å². The molecule has 20 heavy (non-hydrogen) atoms. The first-order valence-corrected chi connectivity index (χ1v) is 6.87. The third-order valence-corrected chi connectivity index (χ3v) is 3.54. The second-order valence-electron chi connectivity index (χ2n) is 4.27. The molecule has 0 saturated carbocycles. The monoisotopic (exact) mass is 341 g/mol. The molecule has 0 aliphatic heterocycles. The molecule has 0 aliphatic rings. The van der Waals surface area contributed by atoms with Crippen molar-refractivity contribution in [2.24, 2.45) is 0 Å². The number of rotatable bonds is 5. The van der Waals surface area contributed by atoms with Crippen molar-refractivity contribution in [3.05, 3.63) is 63.6 Å². The van der Waals surface area contributed by atoms with Crippen LogP contribution in [0.5, 0.6) is 5.75 Å². The summed E-state index contributed by atoms with van der Waals surface area (Å²) in [6, 6.07) is 10.1. The predicted octanol–water partition coefficient (Wildman–Crippen LogP) is 4.03. The Morgan fingerprint density at radius 3 is 2.40 bits per heavy atom. The van der Waals surface area contributed by atoms with Gasteiger partial charge in [0, 0.05) is 18.7 Å². The third-order valence-electron chi connectivity index (χ3n) is 2.93. The lowest BCUT2D eigenvalue weighted by atomic mass is 10.2. The van der Waals surface area contributed by atoms with Crippen LogP contribution in [0.3, 0.4) is 0 Å². The Balaban J connectivity index is 1.97. The number of nitrogens with one attached hydrogen (secondary N) is 1. The molecule has 0 aromatic heterocycles. The second-order valence-corrected chi connectivity index (χ2v) is 5.13. The van der Waals surface area contributed by atoms with Crippen LogP contribution in [-0.2, 0) is 13.1 Å². The summed E-state index contributed by atoms with van der Waals surface area (Å²) in [7, 11) is 1.60. The standard InChI is InChI=1S/C15H14BrF2NO/c1-20-11-4-2-10(3-5-11)8-19-9-12-14(17)7-6-13(16)15(12)18/h2-7,19H,8-9H2,1H3. The minimum Gasteiger partial charge on any atom is -0.497 e. The van der Waals surface area contributed by atoms with Crippen LogP contribution in [0, 0.1) is 11.6 Å². The summed E-state index contributed by atoms with van der Waals surface area (Å²) in [5.74, 6) is -0.335. The van der Waals surface area contributed by atoms with Gasteiger partial charge >= 0.3 is 0 Å². The zero-order valence-electron chi connectivity index (χ0n) is 10.9. The van der Waals surface area contributed by atoms with E-state index < -0.39 is 11.6 Å². The molecule has 0 amide bonds. The Morgan fingerprint density at radius 2 is 1.75 bits per heavy atom. The van der Waals surface area contributed by atoms with Gasteiger partial charge in [-0.1, -0.05) is 12.1 Å². The molecule has 106 valence electrons. The average molecular weight is 342 g/mol. The van der Waals surface area contributed by atoms with Crippen LogP contribution in [0.4, 0.5) is 8.78 Å². The van der Waals surface area contributed by atoms with E-state index in [0.717, 1.165) is 11.3 Å². The maximum Gasteiger partial charge on any atom is 0.144 e. The second kappa shape index (κ2) is 6.81. The van der Waals surface area contributed by atoms with Crippen molar-refractivity contribution in [1.29, 1.82) is 0 Å². The van der Waals surface area contributed by atoms with Crippen LogP contribution in [0.25, 0.3) is 0 Å². The Kier molecular flexibility index (Phi) is 5.09. The summed E-state index contributed by atoms with van der Waals surface area (Å²) in [4.78, 5) is 0. The first-order valence-electron chi connectivity index (χ1n) is 6.08. The van der Waals surface area contributed by atoms with Crippen molar-refractivity contribution in [3.63, 3.8) is 0 Å². The van der Waals surface area contributed by atoms with Gasteiger partial charge in [0.05, 0.1) is 11.6 Å². The molecule has 0 heterocycles. The van der Waals surface area contributed by atoms with E-state index in [-0.39, 0.29) is 16.6 Å². The molecule has 2 rings (SSSR count). The van der Waals surface area contributed by atoms with Crippen LogP contribution >= 0.6 is 15.9 Å². The molecule has 0 atom stereocenters. The molecule has 0 fully saturated rings. The van der Waals surface area contributed by atoms with Crippen molar-refractivity contribution in [3.8, 4) is 5.75 Å². The molecular formula is C15H14BrF2NO. The van der Waals surface area contributed by atoms with E-state index in [0.29, 0.717) is 6.54 Å². The van der Waals surface area contributed by atoms with Gasteiger partial charge in [0.2, 0.25) is 0 Å². The highest BCUT2D eigenvalue weighted by atomic mass is 79.9. The topological polar surface area (TPSA) is 21.3 Å².